The number of fused-ring (bicyclic) bond motifs is 3. The van der Waals surface area contributed by atoms with Crippen LogP contribution in [0.3, 0.4) is 0 Å². The Morgan fingerprint density at radius 1 is 1.19 bits per heavy atom. The zero-order chi connectivity index (χ0) is 26.9. The van der Waals surface area contributed by atoms with Gasteiger partial charge in [0.1, 0.15) is 16.8 Å². The Balaban J connectivity index is 1.95. The zero-order valence-electron chi connectivity index (χ0n) is 20.4. The minimum absolute atomic E-state index is 0.0451. The third kappa shape index (κ3) is 3.72. The second-order valence-corrected chi connectivity index (χ2v) is 11.7. The molecule has 0 aromatic heterocycles. The average molecular weight is 605 g/mol. The number of nitrogens with two attached hydrogens (primary N) is 1. The Morgan fingerprint density at radius 2 is 1.92 bits per heavy atom. The first kappa shape index (κ1) is 25.8. The molecule has 1 unspecified atom stereocenters. The SMILES string of the molecule is CCOC(=O)C1=C(N)N(c2cccc(Cl)c2Cl)C2=C(C(=O)CC(C)(C)C2)C12C(=O)Nc1ccc(Br)cc12. The molecule has 3 N–H and O–H groups in total. The van der Waals surface area contributed by atoms with Crippen molar-refractivity contribution in [2.45, 2.75) is 39.0 Å². The van der Waals surface area contributed by atoms with Crippen LogP contribution in [0, 0.1) is 5.41 Å². The van der Waals surface area contributed by atoms with Crippen molar-refractivity contribution in [3.05, 3.63) is 79.1 Å². The molecule has 1 aliphatic carbocycles. The maximum atomic E-state index is 14.1. The number of halogens is 3. The fourth-order valence-electron chi connectivity index (χ4n) is 5.65. The van der Waals surface area contributed by atoms with E-state index in [0.29, 0.717) is 33.5 Å². The van der Waals surface area contributed by atoms with E-state index < -0.39 is 22.7 Å². The molecule has 3 aliphatic rings. The number of rotatable bonds is 3. The summed E-state index contributed by atoms with van der Waals surface area (Å²) in [5, 5.41) is 3.35. The summed E-state index contributed by atoms with van der Waals surface area (Å²) in [6.45, 7) is 5.65. The Labute approximate surface area is 232 Å². The lowest BCUT2D eigenvalue weighted by atomic mass is 9.60. The van der Waals surface area contributed by atoms with Gasteiger partial charge < -0.3 is 15.8 Å². The molecule has 2 aromatic carbocycles. The number of Topliss-reactive ketones (excluding diaryl/α,β-unsaturated/α-hetero) is 1. The normalized spacial score (nSPS) is 22.3. The number of hydrogen-bond donors (Lipinski definition) is 2. The third-order valence-electron chi connectivity index (χ3n) is 7.00. The quantitative estimate of drug-likeness (QED) is 0.427. The molecule has 0 radical (unpaired) electrons. The summed E-state index contributed by atoms with van der Waals surface area (Å²) in [6, 6.07) is 10.3. The topological polar surface area (TPSA) is 102 Å². The van der Waals surface area contributed by atoms with Gasteiger partial charge in [0.25, 0.3) is 0 Å². The van der Waals surface area contributed by atoms with Crippen LogP contribution in [0.2, 0.25) is 10.0 Å². The number of nitrogens with zero attached hydrogens (tertiary/aromatic N) is 1. The van der Waals surface area contributed by atoms with Crippen LogP contribution in [-0.2, 0) is 24.5 Å². The fourth-order valence-corrected chi connectivity index (χ4v) is 6.39. The van der Waals surface area contributed by atoms with Crippen molar-refractivity contribution in [1.82, 2.24) is 0 Å². The van der Waals surface area contributed by atoms with Gasteiger partial charge in [0.05, 0.1) is 22.3 Å². The number of benzene rings is 2. The minimum Gasteiger partial charge on any atom is -0.462 e. The Morgan fingerprint density at radius 3 is 2.62 bits per heavy atom. The van der Waals surface area contributed by atoms with Crippen LogP contribution in [-0.4, -0.2) is 24.3 Å². The van der Waals surface area contributed by atoms with Crippen molar-refractivity contribution >= 4 is 68.2 Å². The smallest absolute Gasteiger partial charge is 0.339 e. The Bertz CT molecular complexity index is 1470. The predicted octanol–water partition coefficient (Wildman–Crippen LogP) is 5.84. The molecule has 192 valence electrons. The first-order chi connectivity index (χ1) is 17.4. The molecule has 0 bridgehead atoms. The summed E-state index contributed by atoms with van der Waals surface area (Å²) in [5.74, 6) is -1.64. The van der Waals surface area contributed by atoms with Crippen LogP contribution in [0.25, 0.3) is 0 Å². The van der Waals surface area contributed by atoms with Crippen molar-refractivity contribution in [3.8, 4) is 0 Å². The van der Waals surface area contributed by atoms with E-state index in [1.807, 2.05) is 13.8 Å². The number of nitrogens with one attached hydrogen (secondary N) is 1. The number of allylic oxidation sites excluding steroid dienone is 1. The highest BCUT2D eigenvalue weighted by molar-refractivity contribution is 9.10. The molecule has 2 aliphatic heterocycles. The number of amides is 1. The lowest BCUT2D eigenvalue weighted by Crippen LogP contribution is -2.54. The Hall–Kier alpha value is -2.81. The third-order valence-corrected chi connectivity index (χ3v) is 8.30. The summed E-state index contributed by atoms with van der Waals surface area (Å²) in [7, 11) is 0. The highest BCUT2D eigenvalue weighted by Crippen LogP contribution is 2.58. The number of anilines is 2. The zero-order valence-corrected chi connectivity index (χ0v) is 23.5. The van der Waals surface area contributed by atoms with E-state index in [9.17, 15) is 14.4 Å². The molecule has 1 spiro atoms. The van der Waals surface area contributed by atoms with E-state index in [1.165, 1.54) is 0 Å². The average Bonchev–Trinajstić information content (AvgIpc) is 3.07. The monoisotopic (exact) mass is 603 g/mol. The molecule has 0 saturated heterocycles. The van der Waals surface area contributed by atoms with Gasteiger partial charge in [-0.1, -0.05) is 59.0 Å². The van der Waals surface area contributed by atoms with E-state index in [2.05, 4.69) is 21.2 Å². The predicted molar refractivity (Wildman–Crippen MR) is 146 cm³/mol. The summed E-state index contributed by atoms with van der Waals surface area (Å²) < 4.78 is 6.11. The van der Waals surface area contributed by atoms with Crippen molar-refractivity contribution in [3.63, 3.8) is 0 Å². The molecule has 7 nitrogen and oxygen atoms in total. The van der Waals surface area contributed by atoms with Gasteiger partial charge >= 0.3 is 5.97 Å². The highest BCUT2D eigenvalue weighted by atomic mass is 79.9. The summed E-state index contributed by atoms with van der Waals surface area (Å²) in [6.07, 6.45) is 0.573. The number of esters is 1. The molecule has 2 heterocycles. The van der Waals surface area contributed by atoms with Gasteiger partial charge in [-0.15, -0.1) is 0 Å². The van der Waals surface area contributed by atoms with E-state index in [1.54, 1.807) is 48.2 Å². The maximum Gasteiger partial charge on any atom is 0.339 e. The second kappa shape index (κ2) is 8.89. The van der Waals surface area contributed by atoms with Crippen molar-refractivity contribution < 1.29 is 19.1 Å². The van der Waals surface area contributed by atoms with Gasteiger partial charge in [-0.25, -0.2) is 4.79 Å². The van der Waals surface area contributed by atoms with E-state index in [4.69, 9.17) is 33.7 Å². The van der Waals surface area contributed by atoms with Crippen LogP contribution >= 0.6 is 39.1 Å². The van der Waals surface area contributed by atoms with Gasteiger partial charge in [0, 0.05) is 33.4 Å². The highest BCUT2D eigenvalue weighted by Gasteiger charge is 2.63. The first-order valence-corrected chi connectivity index (χ1v) is 13.3. The fraction of sp³-hybridized carbons (Fsp3) is 0.296. The number of hydrogen-bond acceptors (Lipinski definition) is 6. The number of carbonyl (C=O) groups is 3. The van der Waals surface area contributed by atoms with Crippen LogP contribution < -0.4 is 16.0 Å². The number of ether oxygens (including phenoxy) is 1. The van der Waals surface area contributed by atoms with E-state index in [0.717, 1.165) is 0 Å². The molecule has 2 aromatic rings. The number of carbonyl (C=O) groups excluding carboxylic acids is 3. The molecule has 10 heteroatoms. The maximum absolute atomic E-state index is 14.1. The largest absolute Gasteiger partial charge is 0.462 e. The van der Waals surface area contributed by atoms with Crippen molar-refractivity contribution in [1.29, 1.82) is 0 Å². The summed E-state index contributed by atoms with van der Waals surface area (Å²) in [5.41, 5.74) is 6.48. The molecule has 1 atom stereocenters. The van der Waals surface area contributed by atoms with Crippen molar-refractivity contribution in [2.24, 2.45) is 11.1 Å². The van der Waals surface area contributed by atoms with Gasteiger partial charge in [-0.2, -0.15) is 0 Å². The number of ketones is 1. The minimum atomic E-state index is -1.79. The lowest BCUT2D eigenvalue weighted by Gasteiger charge is -2.47. The molecule has 0 fully saturated rings. The molecular formula is C27H24BrCl2N3O4. The van der Waals surface area contributed by atoms with E-state index >= 15 is 0 Å². The summed E-state index contributed by atoms with van der Waals surface area (Å²) in [4.78, 5) is 43.4. The van der Waals surface area contributed by atoms with Crippen LogP contribution in [0.4, 0.5) is 11.4 Å². The van der Waals surface area contributed by atoms with Gasteiger partial charge in [0.15, 0.2) is 5.78 Å². The Kier molecular flexibility index (Phi) is 6.21. The van der Waals surface area contributed by atoms with Crippen LogP contribution in [0.1, 0.15) is 39.2 Å². The summed E-state index contributed by atoms with van der Waals surface area (Å²) >= 11 is 16.5. The molecule has 0 saturated carbocycles. The van der Waals surface area contributed by atoms with Crippen molar-refractivity contribution in [2.75, 3.05) is 16.8 Å². The molecular weight excluding hydrogens is 581 g/mol. The molecule has 5 rings (SSSR count). The molecule has 1 amide bonds. The first-order valence-electron chi connectivity index (χ1n) is 11.7. The lowest BCUT2D eigenvalue weighted by molar-refractivity contribution is -0.140. The van der Waals surface area contributed by atoms with Crippen LogP contribution in [0.5, 0.6) is 0 Å². The standard InChI is InChI=1S/C27H24BrCl2N3O4/c1-4-37-24(35)21-23(31)33(17-7-5-6-15(29)22(17)30)18-11-26(2,3)12-19(34)20(18)27(21)14-10-13(28)8-9-16(14)32-25(27)36/h5-10H,4,11-12,31H2,1-3H3,(H,32,36). The van der Waals surface area contributed by atoms with Gasteiger partial charge in [-0.3, -0.25) is 14.5 Å². The second-order valence-electron chi connectivity index (χ2n) is 10.0. The van der Waals surface area contributed by atoms with Crippen LogP contribution in [0.15, 0.2) is 63.5 Å². The van der Waals surface area contributed by atoms with Gasteiger partial charge in [0.2, 0.25) is 5.91 Å². The van der Waals surface area contributed by atoms with Gasteiger partial charge in [-0.05, 0) is 49.1 Å². The molecule has 37 heavy (non-hydrogen) atoms. The van der Waals surface area contributed by atoms with E-state index in [-0.39, 0.29) is 45.8 Å².